The Morgan fingerprint density at radius 2 is 2.00 bits per heavy atom. The summed E-state index contributed by atoms with van der Waals surface area (Å²) in [6.45, 7) is 1.92. The van der Waals surface area contributed by atoms with Gasteiger partial charge in [0.15, 0.2) is 0 Å². The standard InChI is InChI=1S/C12H11BrN2O/c1-8-4-11(2-3-15-8)16-12-6-9(13)5-10(14)7-12/h2-7H,14H2,1H3. The fourth-order valence-corrected chi connectivity index (χ4v) is 1.85. The molecule has 1 aromatic heterocycles. The van der Waals surface area contributed by atoms with Crippen molar-refractivity contribution in [1.82, 2.24) is 4.98 Å². The number of ether oxygens (including phenoxy) is 1. The molecule has 1 aromatic carbocycles. The van der Waals surface area contributed by atoms with Crippen LogP contribution in [0.15, 0.2) is 41.0 Å². The van der Waals surface area contributed by atoms with Gasteiger partial charge in [-0.1, -0.05) is 15.9 Å². The van der Waals surface area contributed by atoms with Gasteiger partial charge in [-0.3, -0.25) is 4.98 Å². The highest BCUT2D eigenvalue weighted by molar-refractivity contribution is 9.10. The monoisotopic (exact) mass is 278 g/mol. The summed E-state index contributed by atoms with van der Waals surface area (Å²) in [6, 6.07) is 9.15. The van der Waals surface area contributed by atoms with E-state index in [1.807, 2.05) is 31.2 Å². The van der Waals surface area contributed by atoms with Crippen LogP contribution in [0.1, 0.15) is 5.69 Å². The molecule has 4 heteroatoms. The molecule has 0 unspecified atom stereocenters. The van der Waals surface area contributed by atoms with Gasteiger partial charge in [-0.2, -0.15) is 0 Å². The molecular formula is C12H11BrN2O. The molecule has 0 saturated heterocycles. The molecule has 16 heavy (non-hydrogen) atoms. The second-order valence-corrected chi connectivity index (χ2v) is 4.37. The van der Waals surface area contributed by atoms with E-state index in [2.05, 4.69) is 20.9 Å². The van der Waals surface area contributed by atoms with Crippen LogP contribution < -0.4 is 10.5 Å². The minimum absolute atomic E-state index is 0.662. The van der Waals surface area contributed by atoms with Crippen LogP contribution in [-0.4, -0.2) is 4.98 Å². The van der Waals surface area contributed by atoms with Crippen molar-refractivity contribution in [3.63, 3.8) is 0 Å². The maximum absolute atomic E-state index is 5.72. The van der Waals surface area contributed by atoms with Crippen molar-refractivity contribution in [3.05, 3.63) is 46.7 Å². The van der Waals surface area contributed by atoms with Gasteiger partial charge in [0.1, 0.15) is 11.5 Å². The molecule has 2 N–H and O–H groups in total. The van der Waals surface area contributed by atoms with Crippen LogP contribution in [0.4, 0.5) is 5.69 Å². The van der Waals surface area contributed by atoms with Gasteiger partial charge in [-0.25, -0.2) is 0 Å². The number of pyridine rings is 1. The van der Waals surface area contributed by atoms with Crippen LogP contribution in [0.3, 0.4) is 0 Å². The SMILES string of the molecule is Cc1cc(Oc2cc(N)cc(Br)c2)ccn1. The number of nitrogens with zero attached hydrogens (tertiary/aromatic N) is 1. The van der Waals surface area contributed by atoms with Gasteiger partial charge in [0, 0.05) is 34.2 Å². The van der Waals surface area contributed by atoms with Gasteiger partial charge in [0.25, 0.3) is 0 Å². The van der Waals surface area contributed by atoms with Gasteiger partial charge in [-0.05, 0) is 25.1 Å². The Balaban J connectivity index is 2.27. The Bertz CT molecular complexity index is 494. The highest BCUT2D eigenvalue weighted by atomic mass is 79.9. The Labute approximate surface area is 102 Å². The maximum Gasteiger partial charge on any atom is 0.130 e. The molecule has 0 bridgehead atoms. The Kier molecular flexibility index (Phi) is 3.10. The molecule has 0 radical (unpaired) electrons. The fourth-order valence-electron chi connectivity index (χ4n) is 1.36. The molecule has 0 saturated carbocycles. The Morgan fingerprint density at radius 3 is 2.69 bits per heavy atom. The molecule has 0 amide bonds. The number of nitrogens with two attached hydrogens (primary N) is 1. The predicted octanol–water partition coefficient (Wildman–Crippen LogP) is 3.53. The number of anilines is 1. The second-order valence-electron chi connectivity index (χ2n) is 3.46. The predicted molar refractivity (Wildman–Crippen MR) is 67.6 cm³/mol. The first-order valence-electron chi connectivity index (χ1n) is 4.80. The molecule has 0 atom stereocenters. The zero-order valence-corrected chi connectivity index (χ0v) is 10.4. The van der Waals surface area contributed by atoms with E-state index in [-0.39, 0.29) is 0 Å². The van der Waals surface area contributed by atoms with Crippen molar-refractivity contribution in [2.24, 2.45) is 0 Å². The average molecular weight is 279 g/mol. The van der Waals surface area contributed by atoms with E-state index < -0.39 is 0 Å². The minimum atomic E-state index is 0.662. The van der Waals surface area contributed by atoms with Crippen LogP contribution in [-0.2, 0) is 0 Å². The molecule has 0 aliphatic carbocycles. The van der Waals surface area contributed by atoms with Gasteiger partial charge in [0.2, 0.25) is 0 Å². The van der Waals surface area contributed by atoms with E-state index >= 15 is 0 Å². The molecule has 2 aromatic rings. The van der Waals surface area contributed by atoms with E-state index in [1.54, 1.807) is 12.3 Å². The number of hydrogen-bond donors (Lipinski definition) is 1. The normalized spacial score (nSPS) is 10.1. The number of benzene rings is 1. The third-order valence-electron chi connectivity index (χ3n) is 2.00. The molecule has 3 nitrogen and oxygen atoms in total. The number of rotatable bonds is 2. The molecule has 82 valence electrons. The first-order valence-corrected chi connectivity index (χ1v) is 5.59. The van der Waals surface area contributed by atoms with Crippen molar-refractivity contribution < 1.29 is 4.74 Å². The largest absolute Gasteiger partial charge is 0.457 e. The average Bonchev–Trinajstić information content (AvgIpc) is 2.15. The first-order chi connectivity index (χ1) is 7.63. The van der Waals surface area contributed by atoms with Crippen LogP contribution in [0, 0.1) is 6.92 Å². The van der Waals surface area contributed by atoms with Gasteiger partial charge >= 0.3 is 0 Å². The summed E-state index contributed by atoms with van der Waals surface area (Å²) < 4.78 is 6.57. The Morgan fingerprint density at radius 1 is 1.19 bits per heavy atom. The lowest BCUT2D eigenvalue weighted by Gasteiger charge is -2.07. The molecule has 0 aliphatic heterocycles. The van der Waals surface area contributed by atoms with Crippen LogP contribution in [0.2, 0.25) is 0 Å². The zero-order chi connectivity index (χ0) is 11.5. The van der Waals surface area contributed by atoms with Crippen LogP contribution in [0.25, 0.3) is 0 Å². The number of aryl methyl sites for hydroxylation is 1. The first kappa shape index (κ1) is 11.0. The number of nitrogen functional groups attached to an aromatic ring is 1. The lowest BCUT2D eigenvalue weighted by atomic mass is 10.3. The second kappa shape index (κ2) is 4.53. The quantitative estimate of drug-likeness (QED) is 0.855. The number of halogens is 1. The highest BCUT2D eigenvalue weighted by Crippen LogP contribution is 2.27. The van der Waals surface area contributed by atoms with Crippen molar-refractivity contribution in [3.8, 4) is 11.5 Å². The molecule has 0 fully saturated rings. The number of aromatic nitrogens is 1. The van der Waals surface area contributed by atoms with Gasteiger partial charge in [-0.15, -0.1) is 0 Å². The van der Waals surface area contributed by atoms with Crippen molar-refractivity contribution in [2.75, 3.05) is 5.73 Å². The van der Waals surface area contributed by atoms with Crippen molar-refractivity contribution in [1.29, 1.82) is 0 Å². The topological polar surface area (TPSA) is 48.1 Å². The molecule has 0 aliphatic rings. The zero-order valence-electron chi connectivity index (χ0n) is 8.77. The van der Waals surface area contributed by atoms with Crippen LogP contribution >= 0.6 is 15.9 Å². The maximum atomic E-state index is 5.72. The van der Waals surface area contributed by atoms with Crippen molar-refractivity contribution in [2.45, 2.75) is 6.92 Å². The third kappa shape index (κ3) is 2.73. The molecule has 2 rings (SSSR count). The highest BCUT2D eigenvalue weighted by Gasteiger charge is 2.00. The summed E-state index contributed by atoms with van der Waals surface area (Å²) in [5, 5.41) is 0. The summed E-state index contributed by atoms with van der Waals surface area (Å²) in [5.41, 5.74) is 7.30. The fraction of sp³-hybridized carbons (Fsp3) is 0.0833. The summed E-state index contributed by atoms with van der Waals surface area (Å²) in [7, 11) is 0. The van der Waals surface area contributed by atoms with E-state index in [0.717, 1.165) is 15.9 Å². The minimum Gasteiger partial charge on any atom is -0.457 e. The smallest absolute Gasteiger partial charge is 0.130 e. The van der Waals surface area contributed by atoms with Gasteiger partial charge < -0.3 is 10.5 Å². The van der Waals surface area contributed by atoms with E-state index in [4.69, 9.17) is 10.5 Å². The lowest BCUT2D eigenvalue weighted by molar-refractivity contribution is 0.481. The van der Waals surface area contributed by atoms with Gasteiger partial charge in [0.05, 0.1) is 0 Å². The lowest BCUT2D eigenvalue weighted by Crippen LogP contribution is -1.89. The van der Waals surface area contributed by atoms with E-state index in [0.29, 0.717) is 11.4 Å². The third-order valence-corrected chi connectivity index (χ3v) is 2.46. The molecule has 0 spiro atoms. The summed E-state index contributed by atoms with van der Waals surface area (Å²) in [5.74, 6) is 1.46. The molecular weight excluding hydrogens is 268 g/mol. The summed E-state index contributed by atoms with van der Waals surface area (Å²) >= 11 is 3.37. The van der Waals surface area contributed by atoms with E-state index in [9.17, 15) is 0 Å². The number of hydrogen-bond acceptors (Lipinski definition) is 3. The van der Waals surface area contributed by atoms with E-state index in [1.165, 1.54) is 0 Å². The summed E-state index contributed by atoms with van der Waals surface area (Å²) in [6.07, 6.45) is 1.71. The van der Waals surface area contributed by atoms with Crippen molar-refractivity contribution >= 4 is 21.6 Å². The molecule has 1 heterocycles. The van der Waals surface area contributed by atoms with Crippen LogP contribution in [0.5, 0.6) is 11.5 Å². The Hall–Kier alpha value is -1.55. The summed E-state index contributed by atoms with van der Waals surface area (Å²) in [4.78, 5) is 4.10.